The number of para-hydroxylation sites is 1. The lowest BCUT2D eigenvalue weighted by Crippen LogP contribution is -2.49. The van der Waals surface area contributed by atoms with Gasteiger partial charge in [0.2, 0.25) is 0 Å². The predicted molar refractivity (Wildman–Crippen MR) is 93.1 cm³/mol. The second-order valence-electron chi connectivity index (χ2n) is 6.83. The molecule has 8 heteroatoms. The van der Waals surface area contributed by atoms with Crippen LogP contribution in [0.15, 0.2) is 30.6 Å². The predicted octanol–water partition coefficient (Wildman–Crippen LogP) is 3.54. The van der Waals surface area contributed by atoms with Crippen LogP contribution in [0.4, 0.5) is 8.78 Å². The maximum absolute atomic E-state index is 14.5. The molecule has 3 aromatic rings. The summed E-state index contributed by atoms with van der Waals surface area (Å²) in [4.78, 5) is 26.0. The quantitative estimate of drug-likeness (QED) is 0.763. The van der Waals surface area contributed by atoms with E-state index in [0.717, 1.165) is 15.9 Å². The van der Waals surface area contributed by atoms with Gasteiger partial charge in [0.15, 0.2) is 0 Å². The Morgan fingerprint density at radius 2 is 2.12 bits per heavy atom. The van der Waals surface area contributed by atoms with Crippen LogP contribution in [0.3, 0.4) is 0 Å². The number of H-pyrrole nitrogens is 1. The van der Waals surface area contributed by atoms with Crippen LogP contribution in [0.25, 0.3) is 10.2 Å². The van der Waals surface area contributed by atoms with Gasteiger partial charge in [-0.05, 0) is 25.0 Å². The topological polar surface area (TPSA) is 61.9 Å². The number of hydrogen-bond acceptors (Lipinski definition) is 4. The van der Waals surface area contributed by atoms with Gasteiger partial charge in [0.05, 0.1) is 22.2 Å². The van der Waals surface area contributed by atoms with Crippen LogP contribution in [0.1, 0.15) is 35.3 Å². The zero-order valence-corrected chi connectivity index (χ0v) is 14.6. The highest BCUT2D eigenvalue weighted by atomic mass is 32.1. The van der Waals surface area contributed by atoms with Gasteiger partial charge in [0.25, 0.3) is 5.91 Å². The first-order valence-corrected chi connectivity index (χ1v) is 9.44. The van der Waals surface area contributed by atoms with Crippen molar-refractivity contribution in [2.75, 3.05) is 6.54 Å². The van der Waals surface area contributed by atoms with Crippen molar-refractivity contribution in [3.63, 3.8) is 0 Å². The maximum atomic E-state index is 14.5. The van der Waals surface area contributed by atoms with Gasteiger partial charge in [-0.1, -0.05) is 12.1 Å². The Labute approximate surface area is 152 Å². The number of nitrogens with zero attached hydrogens (tertiary/aromatic N) is 3. The first kappa shape index (κ1) is 15.9. The molecular weight excluding hydrogens is 358 g/mol. The lowest BCUT2D eigenvalue weighted by atomic mass is 10.0. The van der Waals surface area contributed by atoms with E-state index in [1.807, 2.05) is 24.3 Å². The zero-order valence-electron chi connectivity index (χ0n) is 13.8. The van der Waals surface area contributed by atoms with Crippen molar-refractivity contribution in [2.45, 2.75) is 31.2 Å². The molecule has 1 aliphatic heterocycles. The van der Waals surface area contributed by atoms with E-state index in [1.54, 1.807) is 6.33 Å². The molecule has 1 aliphatic carbocycles. The lowest BCUT2D eigenvalue weighted by Gasteiger charge is -2.35. The SMILES string of the molecule is O=C(N1CCc2[nH]cnc2[C@H]1c1nc2ccccc2s1)C(F)(F)C1CC1. The number of carbonyl (C=O) groups excluding carboxylic acids is 1. The summed E-state index contributed by atoms with van der Waals surface area (Å²) in [6.45, 7) is 0.233. The molecule has 2 aromatic heterocycles. The molecule has 1 saturated carbocycles. The monoisotopic (exact) mass is 374 g/mol. The minimum atomic E-state index is -3.32. The summed E-state index contributed by atoms with van der Waals surface area (Å²) in [7, 11) is 0. The third kappa shape index (κ3) is 2.35. The number of alkyl halides is 2. The second kappa shape index (κ2) is 5.57. The van der Waals surface area contributed by atoms with Gasteiger partial charge >= 0.3 is 5.92 Å². The van der Waals surface area contributed by atoms with Gasteiger partial charge in [-0.25, -0.2) is 9.97 Å². The normalized spacial score (nSPS) is 20.4. The summed E-state index contributed by atoms with van der Waals surface area (Å²) in [5.74, 6) is -5.24. The van der Waals surface area contributed by atoms with Crippen LogP contribution < -0.4 is 0 Å². The van der Waals surface area contributed by atoms with Crippen molar-refractivity contribution in [3.05, 3.63) is 47.0 Å². The lowest BCUT2D eigenvalue weighted by molar-refractivity contribution is -0.163. The number of benzene rings is 1. The number of carbonyl (C=O) groups is 1. The molecule has 0 spiro atoms. The zero-order chi connectivity index (χ0) is 17.9. The smallest absolute Gasteiger partial charge is 0.327 e. The van der Waals surface area contributed by atoms with Crippen molar-refractivity contribution >= 4 is 27.5 Å². The first-order chi connectivity index (χ1) is 12.6. The van der Waals surface area contributed by atoms with Crippen LogP contribution in [0, 0.1) is 5.92 Å². The fraction of sp³-hybridized carbons (Fsp3) is 0.389. The number of fused-ring (bicyclic) bond motifs is 2. The van der Waals surface area contributed by atoms with E-state index < -0.39 is 23.8 Å². The fourth-order valence-corrected chi connectivity index (χ4v) is 4.65. The van der Waals surface area contributed by atoms with Gasteiger partial charge < -0.3 is 9.88 Å². The Morgan fingerprint density at radius 1 is 1.31 bits per heavy atom. The fourth-order valence-electron chi connectivity index (χ4n) is 3.56. The molecule has 26 heavy (non-hydrogen) atoms. The van der Waals surface area contributed by atoms with E-state index in [1.165, 1.54) is 16.2 Å². The minimum absolute atomic E-state index is 0.233. The molecule has 5 rings (SSSR count). The van der Waals surface area contributed by atoms with Gasteiger partial charge in [-0.2, -0.15) is 8.78 Å². The average molecular weight is 374 g/mol. The highest BCUT2D eigenvalue weighted by Gasteiger charge is 2.56. The van der Waals surface area contributed by atoms with Crippen molar-refractivity contribution in [3.8, 4) is 0 Å². The molecule has 5 nitrogen and oxygen atoms in total. The van der Waals surface area contributed by atoms with Crippen molar-refractivity contribution in [2.24, 2.45) is 5.92 Å². The molecule has 1 fully saturated rings. The standard InChI is InChI=1S/C18H16F2N4OS/c19-18(20,10-5-6-10)17(25)24-8-7-12-14(22-9-21-12)15(24)16-23-11-3-1-2-4-13(11)26-16/h1-4,9-10,15H,5-8H2,(H,21,22)/t15-/m0/s1. The van der Waals surface area contributed by atoms with Crippen LogP contribution in [0.5, 0.6) is 0 Å². The molecule has 0 saturated heterocycles. The van der Waals surface area contributed by atoms with Gasteiger partial charge in [-0.15, -0.1) is 11.3 Å². The Bertz CT molecular complexity index is 961. The molecule has 0 unspecified atom stereocenters. The van der Waals surface area contributed by atoms with E-state index in [2.05, 4.69) is 15.0 Å². The molecule has 2 aliphatic rings. The van der Waals surface area contributed by atoms with E-state index in [4.69, 9.17) is 0 Å². The van der Waals surface area contributed by atoms with Crippen LogP contribution in [-0.2, 0) is 11.2 Å². The Morgan fingerprint density at radius 3 is 2.88 bits per heavy atom. The summed E-state index contributed by atoms with van der Waals surface area (Å²) in [5, 5.41) is 0.624. The number of aromatic nitrogens is 3. The van der Waals surface area contributed by atoms with Gasteiger partial charge in [-0.3, -0.25) is 4.79 Å². The molecule has 0 radical (unpaired) electrons. The number of rotatable bonds is 3. The summed E-state index contributed by atoms with van der Waals surface area (Å²) < 4.78 is 30.1. The van der Waals surface area contributed by atoms with E-state index in [0.29, 0.717) is 30.0 Å². The largest absolute Gasteiger partial charge is 0.348 e. The number of hydrogen-bond donors (Lipinski definition) is 1. The third-order valence-electron chi connectivity index (χ3n) is 5.11. The molecule has 1 atom stereocenters. The minimum Gasteiger partial charge on any atom is -0.348 e. The molecule has 1 aromatic carbocycles. The molecule has 1 N–H and O–H groups in total. The number of aromatic amines is 1. The van der Waals surface area contributed by atoms with E-state index in [-0.39, 0.29) is 6.54 Å². The average Bonchev–Trinajstić information content (AvgIpc) is 3.26. The van der Waals surface area contributed by atoms with Crippen molar-refractivity contribution < 1.29 is 13.6 Å². The van der Waals surface area contributed by atoms with E-state index in [9.17, 15) is 13.6 Å². The Hall–Kier alpha value is -2.35. The summed E-state index contributed by atoms with van der Waals surface area (Å²) in [5.41, 5.74) is 2.31. The summed E-state index contributed by atoms with van der Waals surface area (Å²) >= 11 is 1.42. The Balaban J connectivity index is 1.61. The number of imidazole rings is 1. The molecule has 3 heterocycles. The van der Waals surface area contributed by atoms with Crippen molar-refractivity contribution in [1.82, 2.24) is 19.9 Å². The number of thiazole rings is 1. The van der Waals surface area contributed by atoms with Crippen LogP contribution in [0.2, 0.25) is 0 Å². The van der Waals surface area contributed by atoms with Crippen LogP contribution >= 0.6 is 11.3 Å². The molecular formula is C18H16F2N4OS. The Kier molecular flexibility index (Phi) is 3.40. The second-order valence-corrected chi connectivity index (χ2v) is 7.90. The van der Waals surface area contributed by atoms with Gasteiger partial charge in [0.1, 0.15) is 11.0 Å². The summed E-state index contributed by atoms with van der Waals surface area (Å²) in [6.07, 6.45) is 2.86. The molecule has 0 bridgehead atoms. The molecule has 1 amide bonds. The third-order valence-corrected chi connectivity index (χ3v) is 6.19. The first-order valence-electron chi connectivity index (χ1n) is 8.62. The highest BCUT2D eigenvalue weighted by molar-refractivity contribution is 7.18. The highest BCUT2D eigenvalue weighted by Crippen LogP contribution is 2.46. The van der Waals surface area contributed by atoms with Crippen LogP contribution in [-0.4, -0.2) is 38.2 Å². The number of amides is 1. The maximum Gasteiger partial charge on any atom is 0.327 e. The number of halogens is 2. The molecule has 134 valence electrons. The number of nitrogens with one attached hydrogen (secondary N) is 1. The van der Waals surface area contributed by atoms with Crippen molar-refractivity contribution in [1.29, 1.82) is 0 Å². The van der Waals surface area contributed by atoms with E-state index >= 15 is 0 Å². The summed E-state index contributed by atoms with van der Waals surface area (Å²) in [6, 6.07) is 6.95. The van der Waals surface area contributed by atoms with Gasteiger partial charge in [0, 0.05) is 24.6 Å².